The van der Waals surface area contributed by atoms with Crippen molar-refractivity contribution in [3.05, 3.63) is 12.2 Å². The van der Waals surface area contributed by atoms with Gasteiger partial charge in [-0.2, -0.15) is 0 Å². The van der Waals surface area contributed by atoms with Crippen molar-refractivity contribution in [2.45, 2.75) is 34.0 Å². The van der Waals surface area contributed by atoms with Crippen molar-refractivity contribution in [3.63, 3.8) is 0 Å². The van der Waals surface area contributed by atoms with Crippen LogP contribution in [0.2, 0.25) is 0 Å². The van der Waals surface area contributed by atoms with Crippen molar-refractivity contribution in [1.82, 2.24) is 0 Å². The second-order valence-corrected chi connectivity index (χ2v) is 2.91. The van der Waals surface area contributed by atoms with Crippen LogP contribution in [0.15, 0.2) is 12.2 Å². The van der Waals surface area contributed by atoms with Crippen LogP contribution in [0.1, 0.15) is 27.7 Å². The molecule has 0 aliphatic heterocycles. The summed E-state index contributed by atoms with van der Waals surface area (Å²) in [6.45, 7) is 9.57. The Morgan fingerprint density at radius 1 is 1.00 bits per heavy atom. The second kappa shape index (κ2) is 7.32. The average Bonchev–Trinajstić information content (AvgIpc) is 2.01. The summed E-state index contributed by atoms with van der Waals surface area (Å²) in [5.74, 6) is 0.549. The fourth-order valence-corrected chi connectivity index (χ4v) is 0.801. The minimum absolute atomic E-state index is 0.164. The molecule has 0 amide bonds. The number of hydrogen-bond donors (Lipinski definition) is 0. The van der Waals surface area contributed by atoms with Gasteiger partial charge in [0.25, 0.3) is 0 Å². The first kappa shape index (κ1) is 11.7. The number of hydrogen-bond acceptors (Lipinski definition) is 2. The Kier molecular flexibility index (Phi) is 7.11. The highest BCUT2D eigenvalue weighted by Crippen LogP contribution is 2.01. The fourth-order valence-electron chi connectivity index (χ4n) is 0.801. The summed E-state index contributed by atoms with van der Waals surface area (Å²) in [4.78, 5) is 0. The zero-order chi connectivity index (χ0) is 9.40. The molecule has 0 aliphatic carbocycles. The largest absolute Gasteiger partial charge is 0.349 e. The average molecular weight is 172 g/mol. The van der Waals surface area contributed by atoms with E-state index in [1.165, 1.54) is 0 Å². The summed E-state index contributed by atoms with van der Waals surface area (Å²) in [7, 11) is 0. The van der Waals surface area contributed by atoms with Gasteiger partial charge in [0.05, 0.1) is 0 Å². The van der Waals surface area contributed by atoms with Crippen LogP contribution in [-0.2, 0) is 9.47 Å². The molecule has 0 unspecified atom stereocenters. The lowest BCUT2D eigenvalue weighted by Crippen LogP contribution is -2.14. The minimum Gasteiger partial charge on any atom is -0.349 e. The highest BCUT2D eigenvalue weighted by molar-refractivity contribution is 4.87. The van der Waals surface area contributed by atoms with E-state index in [1.807, 2.05) is 19.9 Å². The summed E-state index contributed by atoms with van der Waals surface area (Å²) < 4.78 is 10.6. The van der Waals surface area contributed by atoms with Crippen LogP contribution >= 0.6 is 0 Å². The number of rotatable bonds is 6. The van der Waals surface area contributed by atoms with Gasteiger partial charge in [-0.3, -0.25) is 0 Å². The molecule has 0 N–H and O–H groups in total. The molecule has 72 valence electrons. The summed E-state index contributed by atoms with van der Waals surface area (Å²) in [5.41, 5.74) is 0. The van der Waals surface area contributed by atoms with E-state index in [4.69, 9.17) is 9.47 Å². The topological polar surface area (TPSA) is 18.5 Å². The van der Waals surface area contributed by atoms with Gasteiger partial charge in [0, 0.05) is 13.2 Å². The molecule has 0 saturated heterocycles. The van der Waals surface area contributed by atoms with Crippen LogP contribution < -0.4 is 0 Å². The maximum Gasteiger partial charge on any atom is 0.176 e. The van der Waals surface area contributed by atoms with E-state index >= 15 is 0 Å². The van der Waals surface area contributed by atoms with E-state index in [9.17, 15) is 0 Å². The zero-order valence-corrected chi connectivity index (χ0v) is 8.54. The van der Waals surface area contributed by atoms with Gasteiger partial charge >= 0.3 is 0 Å². The van der Waals surface area contributed by atoms with Crippen molar-refractivity contribution < 1.29 is 9.47 Å². The third-order valence-electron chi connectivity index (χ3n) is 1.32. The number of ether oxygens (including phenoxy) is 2. The highest BCUT2D eigenvalue weighted by atomic mass is 16.7. The molecular weight excluding hydrogens is 152 g/mol. The molecule has 12 heavy (non-hydrogen) atoms. The molecule has 0 spiro atoms. The maximum absolute atomic E-state index is 5.32. The third kappa shape index (κ3) is 6.38. The molecule has 2 nitrogen and oxygen atoms in total. The van der Waals surface area contributed by atoms with Crippen molar-refractivity contribution in [3.8, 4) is 0 Å². The first-order chi connectivity index (χ1) is 5.70. The Balaban J connectivity index is 3.76. The highest BCUT2D eigenvalue weighted by Gasteiger charge is 2.01. The Bertz CT molecular complexity index is 113. The maximum atomic E-state index is 5.32. The molecule has 2 heteroatoms. The van der Waals surface area contributed by atoms with Crippen LogP contribution in [0.3, 0.4) is 0 Å². The van der Waals surface area contributed by atoms with Gasteiger partial charge in [0.2, 0.25) is 0 Å². The molecule has 0 aromatic heterocycles. The molecule has 0 saturated carbocycles. The van der Waals surface area contributed by atoms with E-state index in [1.54, 1.807) is 0 Å². The van der Waals surface area contributed by atoms with E-state index in [2.05, 4.69) is 19.9 Å². The molecular formula is C10H20O2. The van der Waals surface area contributed by atoms with Gasteiger partial charge in [0.1, 0.15) is 0 Å². The smallest absolute Gasteiger partial charge is 0.176 e. The lowest BCUT2D eigenvalue weighted by atomic mass is 10.2. The quantitative estimate of drug-likeness (QED) is 0.453. The van der Waals surface area contributed by atoms with Gasteiger partial charge in [0.15, 0.2) is 6.29 Å². The number of allylic oxidation sites excluding steroid dienone is 1. The molecule has 0 aliphatic rings. The molecule has 0 rings (SSSR count). The molecule has 0 heterocycles. The molecule has 0 aromatic carbocycles. The van der Waals surface area contributed by atoms with Crippen molar-refractivity contribution in [1.29, 1.82) is 0 Å². The van der Waals surface area contributed by atoms with Gasteiger partial charge in [-0.25, -0.2) is 0 Å². The van der Waals surface area contributed by atoms with Crippen LogP contribution in [-0.4, -0.2) is 19.5 Å². The van der Waals surface area contributed by atoms with Crippen molar-refractivity contribution >= 4 is 0 Å². The second-order valence-electron chi connectivity index (χ2n) is 2.91. The van der Waals surface area contributed by atoms with E-state index in [-0.39, 0.29) is 6.29 Å². The Hall–Kier alpha value is -0.340. The normalized spacial score (nSPS) is 12.2. The van der Waals surface area contributed by atoms with Crippen LogP contribution in [0.4, 0.5) is 0 Å². The molecule has 0 aromatic rings. The van der Waals surface area contributed by atoms with Crippen LogP contribution in [0.5, 0.6) is 0 Å². The molecule has 0 atom stereocenters. The Labute approximate surface area is 75.6 Å². The zero-order valence-electron chi connectivity index (χ0n) is 8.54. The lowest BCUT2D eigenvalue weighted by Gasteiger charge is -2.12. The first-order valence-corrected chi connectivity index (χ1v) is 4.62. The Morgan fingerprint density at radius 3 is 1.83 bits per heavy atom. The molecule has 0 radical (unpaired) electrons. The van der Waals surface area contributed by atoms with Crippen molar-refractivity contribution in [2.75, 3.05) is 13.2 Å². The molecule has 0 fully saturated rings. The van der Waals surface area contributed by atoms with Crippen LogP contribution in [0, 0.1) is 5.92 Å². The van der Waals surface area contributed by atoms with E-state index in [0.717, 1.165) is 0 Å². The van der Waals surface area contributed by atoms with E-state index < -0.39 is 0 Å². The fraction of sp³-hybridized carbons (Fsp3) is 0.800. The minimum atomic E-state index is -0.164. The monoisotopic (exact) mass is 172 g/mol. The third-order valence-corrected chi connectivity index (χ3v) is 1.32. The lowest BCUT2D eigenvalue weighted by molar-refractivity contribution is -0.104. The summed E-state index contributed by atoms with van der Waals surface area (Å²) in [6.07, 6.45) is 3.90. The Morgan fingerprint density at radius 2 is 1.50 bits per heavy atom. The van der Waals surface area contributed by atoms with Crippen molar-refractivity contribution in [2.24, 2.45) is 5.92 Å². The first-order valence-electron chi connectivity index (χ1n) is 4.62. The van der Waals surface area contributed by atoms with Crippen LogP contribution in [0.25, 0.3) is 0 Å². The van der Waals surface area contributed by atoms with Gasteiger partial charge in [-0.05, 0) is 25.8 Å². The summed E-state index contributed by atoms with van der Waals surface area (Å²) in [5, 5.41) is 0. The SMILES string of the molecule is CCOC(/C=C/C(C)C)OCC. The summed E-state index contributed by atoms with van der Waals surface area (Å²) >= 11 is 0. The predicted octanol–water partition coefficient (Wildman–Crippen LogP) is 2.60. The van der Waals surface area contributed by atoms with Gasteiger partial charge in [-0.15, -0.1) is 0 Å². The predicted molar refractivity (Wildman–Crippen MR) is 51.0 cm³/mol. The van der Waals surface area contributed by atoms with E-state index in [0.29, 0.717) is 19.1 Å². The van der Waals surface area contributed by atoms with Gasteiger partial charge in [-0.1, -0.05) is 19.9 Å². The molecule has 0 bridgehead atoms. The van der Waals surface area contributed by atoms with Gasteiger partial charge < -0.3 is 9.47 Å². The standard InChI is InChI=1S/C10H20O2/c1-5-11-10(12-6-2)8-7-9(3)4/h7-10H,5-6H2,1-4H3/b8-7+. The summed E-state index contributed by atoms with van der Waals surface area (Å²) in [6, 6.07) is 0.